The Morgan fingerprint density at radius 2 is 2.18 bits per heavy atom. The summed E-state index contributed by atoms with van der Waals surface area (Å²) in [4.78, 5) is 10.8. The molecule has 0 heterocycles. The van der Waals surface area contributed by atoms with E-state index >= 15 is 0 Å². The molecule has 0 aromatic carbocycles. The molecule has 17 heavy (non-hydrogen) atoms. The molecule has 0 saturated carbocycles. The van der Waals surface area contributed by atoms with Gasteiger partial charge in [0.25, 0.3) is 10.2 Å². The van der Waals surface area contributed by atoms with Gasteiger partial charge in [-0.25, -0.2) is 0 Å². The van der Waals surface area contributed by atoms with Crippen molar-refractivity contribution in [2.24, 2.45) is 0 Å². The van der Waals surface area contributed by atoms with E-state index in [1.54, 1.807) is 0 Å². The Hall–Kier alpha value is -0.350. The van der Waals surface area contributed by atoms with E-state index in [2.05, 4.69) is 14.2 Å². The van der Waals surface area contributed by atoms with Gasteiger partial charge in [0, 0.05) is 13.7 Å². The van der Waals surface area contributed by atoms with Crippen molar-refractivity contribution in [1.29, 1.82) is 0 Å². The van der Waals surface area contributed by atoms with Gasteiger partial charge < -0.3 is 9.84 Å². The molecule has 0 rings (SSSR count). The first kappa shape index (κ1) is 16.6. The van der Waals surface area contributed by atoms with Gasteiger partial charge in [0.2, 0.25) is 0 Å². The summed E-state index contributed by atoms with van der Waals surface area (Å²) in [7, 11) is -2.35. The molecule has 9 heteroatoms. The minimum atomic E-state index is -3.80. The number of hydrogen-bond acceptors (Lipinski definition) is 5. The minimum Gasteiger partial charge on any atom is -0.480 e. The van der Waals surface area contributed by atoms with Crippen molar-refractivity contribution in [1.82, 2.24) is 9.44 Å². The number of thioether (sulfide) groups is 1. The maximum absolute atomic E-state index is 11.4. The Bertz CT molecular complexity index is 320. The summed E-state index contributed by atoms with van der Waals surface area (Å²) in [6.07, 6.45) is 2.06. The molecule has 3 N–H and O–H groups in total. The van der Waals surface area contributed by atoms with E-state index in [4.69, 9.17) is 5.11 Å². The van der Waals surface area contributed by atoms with Crippen LogP contribution in [-0.4, -0.2) is 57.8 Å². The van der Waals surface area contributed by atoms with Gasteiger partial charge in [-0.3, -0.25) is 4.79 Å². The first-order valence-corrected chi connectivity index (χ1v) is 7.78. The summed E-state index contributed by atoms with van der Waals surface area (Å²) in [5, 5.41) is 8.85. The fourth-order valence-corrected chi connectivity index (χ4v) is 2.48. The van der Waals surface area contributed by atoms with Crippen LogP contribution in [-0.2, 0) is 19.7 Å². The van der Waals surface area contributed by atoms with Gasteiger partial charge in [-0.1, -0.05) is 0 Å². The van der Waals surface area contributed by atoms with Crippen LogP contribution < -0.4 is 9.44 Å². The quantitative estimate of drug-likeness (QED) is 0.457. The van der Waals surface area contributed by atoms with Gasteiger partial charge >= 0.3 is 5.97 Å². The number of aliphatic carboxylic acids is 1. The van der Waals surface area contributed by atoms with Crippen molar-refractivity contribution >= 4 is 27.9 Å². The number of hydrogen-bond donors (Lipinski definition) is 3. The summed E-state index contributed by atoms with van der Waals surface area (Å²) in [5.41, 5.74) is 0. The van der Waals surface area contributed by atoms with Gasteiger partial charge in [-0.15, -0.1) is 0 Å². The molecule has 0 aliphatic rings. The lowest BCUT2D eigenvalue weighted by Crippen LogP contribution is -2.47. The number of methoxy groups -OCH3 is 1. The highest BCUT2D eigenvalue weighted by molar-refractivity contribution is 7.98. The predicted molar refractivity (Wildman–Crippen MR) is 66.4 cm³/mol. The first-order chi connectivity index (χ1) is 7.93. The Kier molecular flexibility index (Phi) is 8.52. The largest absolute Gasteiger partial charge is 0.480 e. The number of rotatable bonds is 10. The van der Waals surface area contributed by atoms with Crippen molar-refractivity contribution in [2.75, 3.05) is 32.3 Å². The van der Waals surface area contributed by atoms with E-state index in [9.17, 15) is 13.2 Å². The fraction of sp³-hybridized carbons (Fsp3) is 0.875. The van der Waals surface area contributed by atoms with E-state index in [1.165, 1.54) is 18.9 Å². The number of nitrogens with one attached hydrogen (secondary N) is 2. The molecule has 0 bridgehead atoms. The van der Waals surface area contributed by atoms with Crippen LogP contribution in [0.1, 0.15) is 6.42 Å². The van der Waals surface area contributed by atoms with Gasteiger partial charge in [-0.05, 0) is 18.4 Å². The molecule has 0 fully saturated rings. The Labute approximate surface area is 105 Å². The third kappa shape index (κ3) is 8.38. The lowest BCUT2D eigenvalue weighted by atomic mass is 10.2. The molecule has 7 nitrogen and oxygen atoms in total. The molecule has 0 spiro atoms. The van der Waals surface area contributed by atoms with Crippen molar-refractivity contribution < 1.29 is 23.1 Å². The molecule has 0 unspecified atom stereocenters. The van der Waals surface area contributed by atoms with Crippen LogP contribution in [0.2, 0.25) is 0 Å². The van der Waals surface area contributed by atoms with Crippen molar-refractivity contribution in [3.05, 3.63) is 0 Å². The number of ether oxygens (including phenoxy) is 1. The van der Waals surface area contributed by atoms with Crippen molar-refractivity contribution in [2.45, 2.75) is 12.5 Å². The molecule has 0 aliphatic carbocycles. The maximum Gasteiger partial charge on any atom is 0.321 e. The molecule has 0 aromatic heterocycles. The van der Waals surface area contributed by atoms with E-state index < -0.39 is 22.2 Å². The third-order valence-electron chi connectivity index (χ3n) is 1.80. The molecule has 0 aromatic rings. The molecular formula is C8H18N2O5S2. The molecule has 0 aliphatic heterocycles. The predicted octanol–water partition coefficient (Wildman–Crippen LogP) is -0.737. The topological polar surface area (TPSA) is 105 Å². The van der Waals surface area contributed by atoms with Crippen LogP contribution in [0.15, 0.2) is 0 Å². The minimum absolute atomic E-state index is 0.0979. The van der Waals surface area contributed by atoms with Gasteiger partial charge in [-0.2, -0.15) is 29.6 Å². The number of carboxylic acids is 1. The van der Waals surface area contributed by atoms with E-state index in [0.29, 0.717) is 5.75 Å². The molecule has 0 amide bonds. The normalized spacial score (nSPS) is 13.5. The summed E-state index contributed by atoms with van der Waals surface area (Å²) < 4.78 is 31.8. The van der Waals surface area contributed by atoms with E-state index in [0.717, 1.165) is 0 Å². The van der Waals surface area contributed by atoms with E-state index in [1.807, 2.05) is 6.26 Å². The molecule has 102 valence electrons. The second-order valence-corrected chi connectivity index (χ2v) is 5.70. The second-order valence-electron chi connectivity index (χ2n) is 3.18. The second kappa shape index (κ2) is 8.70. The highest BCUT2D eigenvalue weighted by Gasteiger charge is 2.22. The van der Waals surface area contributed by atoms with Gasteiger partial charge in [0.05, 0.1) is 6.61 Å². The van der Waals surface area contributed by atoms with Crippen LogP contribution >= 0.6 is 11.8 Å². The molecule has 0 radical (unpaired) electrons. The van der Waals surface area contributed by atoms with Crippen LogP contribution in [0.3, 0.4) is 0 Å². The molecule has 0 saturated heterocycles. The lowest BCUT2D eigenvalue weighted by molar-refractivity contribution is -0.139. The van der Waals surface area contributed by atoms with Gasteiger partial charge in [0.1, 0.15) is 6.04 Å². The van der Waals surface area contributed by atoms with Crippen LogP contribution in [0, 0.1) is 0 Å². The third-order valence-corrected chi connectivity index (χ3v) is 3.63. The summed E-state index contributed by atoms with van der Waals surface area (Å²) in [6.45, 7) is 0.324. The van der Waals surface area contributed by atoms with Crippen molar-refractivity contribution in [3.63, 3.8) is 0 Å². The number of carbonyl (C=O) groups is 1. The highest BCUT2D eigenvalue weighted by atomic mass is 32.2. The monoisotopic (exact) mass is 286 g/mol. The average Bonchev–Trinajstić information content (AvgIpc) is 2.24. The summed E-state index contributed by atoms with van der Waals surface area (Å²) >= 11 is 1.46. The Balaban J connectivity index is 4.27. The zero-order valence-electron chi connectivity index (χ0n) is 9.80. The highest BCUT2D eigenvalue weighted by Crippen LogP contribution is 2.01. The summed E-state index contributed by atoms with van der Waals surface area (Å²) in [5.74, 6) is -0.617. The van der Waals surface area contributed by atoms with Crippen LogP contribution in [0.4, 0.5) is 0 Å². The summed E-state index contributed by atoms with van der Waals surface area (Å²) in [6, 6.07) is -1.11. The first-order valence-electron chi connectivity index (χ1n) is 4.90. The number of carboxylic acid groups (broad SMARTS) is 1. The molecule has 1 atom stereocenters. The van der Waals surface area contributed by atoms with Gasteiger partial charge in [0.15, 0.2) is 0 Å². The molecular weight excluding hydrogens is 268 g/mol. The maximum atomic E-state index is 11.4. The standard InChI is InChI=1S/C8H18N2O5S2/c1-15-5-4-9-17(13,14)10-7(8(11)12)3-6-16-2/h7,9-10H,3-6H2,1-2H3,(H,11,12)/t7-/m1/s1. The Morgan fingerprint density at radius 3 is 2.65 bits per heavy atom. The van der Waals surface area contributed by atoms with Crippen LogP contribution in [0.5, 0.6) is 0 Å². The van der Waals surface area contributed by atoms with Crippen molar-refractivity contribution in [3.8, 4) is 0 Å². The SMILES string of the molecule is COCCNS(=O)(=O)N[C@H](CCSC)C(=O)O. The Morgan fingerprint density at radius 1 is 1.53 bits per heavy atom. The zero-order valence-corrected chi connectivity index (χ0v) is 11.4. The fourth-order valence-electron chi connectivity index (χ4n) is 0.976. The average molecular weight is 286 g/mol. The van der Waals surface area contributed by atoms with Crippen LogP contribution in [0.25, 0.3) is 0 Å². The van der Waals surface area contributed by atoms with E-state index in [-0.39, 0.29) is 19.6 Å². The smallest absolute Gasteiger partial charge is 0.321 e. The lowest BCUT2D eigenvalue weighted by Gasteiger charge is -2.14. The zero-order chi connectivity index (χ0) is 13.3.